The van der Waals surface area contributed by atoms with Crippen LogP contribution in [0.1, 0.15) is 13.8 Å². The van der Waals surface area contributed by atoms with Gasteiger partial charge in [-0.05, 0) is 32.0 Å². The minimum absolute atomic E-state index is 0.147. The fourth-order valence-corrected chi connectivity index (χ4v) is 1.64. The Morgan fingerprint density at radius 2 is 2.28 bits per heavy atom. The molecular weight excluding hydrogens is 300 g/mol. The number of hydrogen-bond acceptors (Lipinski definition) is 3. The molecule has 0 bridgehead atoms. The van der Waals surface area contributed by atoms with E-state index < -0.39 is 6.10 Å². The summed E-state index contributed by atoms with van der Waals surface area (Å²) in [6, 6.07) is 5.13. The number of fused-ring (bicyclic) bond motifs is 1. The van der Waals surface area contributed by atoms with Gasteiger partial charge >= 0.3 is 0 Å². The van der Waals surface area contributed by atoms with E-state index in [1.165, 1.54) is 0 Å². The smallest absolute Gasteiger partial charge is 0.265 e. The number of amides is 2. The highest BCUT2D eigenvalue weighted by molar-refractivity contribution is 9.10. The molecule has 6 heteroatoms. The fraction of sp³-hybridized carbons (Fsp3) is 0.333. The van der Waals surface area contributed by atoms with E-state index in [0.29, 0.717) is 17.1 Å². The molecule has 2 amide bonds. The molecule has 0 fully saturated rings. The fourth-order valence-electron chi connectivity index (χ4n) is 1.53. The van der Waals surface area contributed by atoms with E-state index in [1.807, 2.05) is 0 Å². The van der Waals surface area contributed by atoms with Gasteiger partial charge in [0, 0.05) is 5.69 Å². The summed E-state index contributed by atoms with van der Waals surface area (Å²) in [5.41, 5.74) is 1.18. The number of rotatable bonds is 2. The number of carbonyl (C=O) groups is 2. The third-order valence-corrected chi connectivity index (χ3v) is 2.96. The van der Waals surface area contributed by atoms with E-state index in [0.717, 1.165) is 0 Å². The Bertz CT molecular complexity index is 502. The average molecular weight is 313 g/mol. The van der Waals surface area contributed by atoms with Crippen molar-refractivity contribution in [1.82, 2.24) is 0 Å². The van der Waals surface area contributed by atoms with Crippen LogP contribution in [-0.4, -0.2) is 22.7 Å². The number of benzene rings is 1. The van der Waals surface area contributed by atoms with Crippen LogP contribution in [0.3, 0.4) is 0 Å². The second-order valence-electron chi connectivity index (χ2n) is 4.07. The Labute approximate surface area is 113 Å². The van der Waals surface area contributed by atoms with Crippen LogP contribution >= 0.6 is 15.9 Å². The van der Waals surface area contributed by atoms with Gasteiger partial charge in [-0.15, -0.1) is 0 Å². The highest BCUT2D eigenvalue weighted by atomic mass is 79.9. The quantitative estimate of drug-likeness (QED) is 0.822. The molecule has 0 radical (unpaired) electrons. The summed E-state index contributed by atoms with van der Waals surface area (Å²) in [7, 11) is 0. The van der Waals surface area contributed by atoms with Crippen LogP contribution < -0.4 is 15.4 Å². The second kappa shape index (κ2) is 4.97. The number of ether oxygens (including phenoxy) is 1. The van der Waals surface area contributed by atoms with Gasteiger partial charge < -0.3 is 15.4 Å². The Kier molecular flexibility index (Phi) is 3.56. The number of hydrogen-bond donors (Lipinski definition) is 2. The predicted octanol–water partition coefficient (Wildman–Crippen LogP) is 2.13. The Hall–Kier alpha value is -1.56. The topological polar surface area (TPSA) is 67.4 Å². The molecule has 1 aromatic carbocycles. The third-order valence-electron chi connectivity index (χ3n) is 2.54. The first-order valence-corrected chi connectivity index (χ1v) is 6.45. The molecular formula is C12H13BrN2O3. The van der Waals surface area contributed by atoms with Gasteiger partial charge in [0.15, 0.2) is 6.10 Å². The van der Waals surface area contributed by atoms with Crippen molar-refractivity contribution in [3.8, 4) is 5.75 Å². The zero-order valence-electron chi connectivity index (χ0n) is 9.99. The Morgan fingerprint density at radius 1 is 1.56 bits per heavy atom. The third kappa shape index (κ3) is 2.64. The van der Waals surface area contributed by atoms with Crippen LogP contribution in [0, 0.1) is 0 Å². The van der Waals surface area contributed by atoms with Crippen LogP contribution in [0.25, 0.3) is 0 Å². The van der Waals surface area contributed by atoms with E-state index in [1.54, 1.807) is 32.0 Å². The molecule has 18 heavy (non-hydrogen) atoms. The molecule has 2 N–H and O–H groups in total. The van der Waals surface area contributed by atoms with Crippen molar-refractivity contribution < 1.29 is 14.3 Å². The van der Waals surface area contributed by atoms with E-state index in [-0.39, 0.29) is 16.6 Å². The molecule has 5 nitrogen and oxygen atoms in total. The molecule has 2 atom stereocenters. The minimum atomic E-state index is -0.500. The Balaban J connectivity index is 2.20. The second-order valence-corrected chi connectivity index (χ2v) is 5.44. The molecule has 2 rings (SSSR count). The van der Waals surface area contributed by atoms with Crippen molar-refractivity contribution in [2.75, 3.05) is 10.6 Å². The van der Waals surface area contributed by atoms with Crippen LogP contribution in [0.2, 0.25) is 0 Å². The lowest BCUT2D eigenvalue weighted by Gasteiger charge is -2.23. The van der Waals surface area contributed by atoms with E-state index >= 15 is 0 Å². The van der Waals surface area contributed by atoms with E-state index in [4.69, 9.17) is 4.74 Å². The van der Waals surface area contributed by atoms with Crippen molar-refractivity contribution >= 4 is 39.1 Å². The highest BCUT2D eigenvalue weighted by Crippen LogP contribution is 2.32. The molecule has 0 aliphatic carbocycles. The maximum atomic E-state index is 11.5. The standard InChI is InChI=1S/C12H13BrN2O3/c1-6(13)11(16)14-8-3-4-10-9(5-8)15-12(17)7(2)18-10/h3-7H,1-2H3,(H,14,16)(H,15,17). The summed E-state index contributed by atoms with van der Waals surface area (Å²) in [5, 5.41) is 5.45. The van der Waals surface area contributed by atoms with Gasteiger partial charge in [0.05, 0.1) is 10.5 Å². The average Bonchev–Trinajstić information content (AvgIpc) is 2.31. The summed E-state index contributed by atoms with van der Waals surface area (Å²) in [5.74, 6) is 0.262. The first-order chi connectivity index (χ1) is 8.47. The van der Waals surface area contributed by atoms with Gasteiger partial charge in [-0.2, -0.15) is 0 Å². The zero-order valence-corrected chi connectivity index (χ0v) is 11.6. The Morgan fingerprint density at radius 3 is 2.94 bits per heavy atom. The van der Waals surface area contributed by atoms with E-state index in [2.05, 4.69) is 26.6 Å². The summed E-state index contributed by atoms with van der Waals surface area (Å²) in [6.07, 6.45) is -0.500. The van der Waals surface area contributed by atoms with Gasteiger partial charge in [-0.1, -0.05) is 15.9 Å². The van der Waals surface area contributed by atoms with Crippen LogP contribution in [0.15, 0.2) is 18.2 Å². The monoisotopic (exact) mass is 312 g/mol. The molecule has 2 unspecified atom stereocenters. The van der Waals surface area contributed by atoms with Crippen LogP contribution in [0.4, 0.5) is 11.4 Å². The van der Waals surface area contributed by atoms with Crippen molar-refractivity contribution in [1.29, 1.82) is 0 Å². The highest BCUT2D eigenvalue weighted by Gasteiger charge is 2.23. The van der Waals surface area contributed by atoms with E-state index in [9.17, 15) is 9.59 Å². The van der Waals surface area contributed by atoms with Crippen LogP contribution in [-0.2, 0) is 9.59 Å². The number of carbonyl (C=O) groups excluding carboxylic acids is 2. The lowest BCUT2D eigenvalue weighted by atomic mass is 10.2. The van der Waals surface area contributed by atoms with Gasteiger partial charge in [-0.3, -0.25) is 9.59 Å². The van der Waals surface area contributed by atoms with Crippen LogP contribution in [0.5, 0.6) is 5.75 Å². The first kappa shape index (κ1) is 12.9. The van der Waals surface area contributed by atoms with Crippen molar-refractivity contribution in [3.05, 3.63) is 18.2 Å². The van der Waals surface area contributed by atoms with Gasteiger partial charge in [0.2, 0.25) is 5.91 Å². The summed E-state index contributed by atoms with van der Waals surface area (Å²) < 4.78 is 5.42. The molecule has 0 spiro atoms. The zero-order chi connectivity index (χ0) is 13.3. The number of anilines is 2. The largest absolute Gasteiger partial charge is 0.479 e. The lowest BCUT2D eigenvalue weighted by molar-refractivity contribution is -0.122. The molecule has 96 valence electrons. The van der Waals surface area contributed by atoms with Crippen molar-refractivity contribution in [2.24, 2.45) is 0 Å². The summed E-state index contributed by atoms with van der Waals surface area (Å²) in [4.78, 5) is 22.7. The maximum absolute atomic E-state index is 11.5. The molecule has 0 saturated carbocycles. The predicted molar refractivity (Wildman–Crippen MR) is 72.2 cm³/mol. The van der Waals surface area contributed by atoms with Gasteiger partial charge in [0.1, 0.15) is 5.75 Å². The molecule has 0 aromatic heterocycles. The number of halogens is 1. The first-order valence-electron chi connectivity index (χ1n) is 5.54. The molecule has 1 aromatic rings. The van der Waals surface area contributed by atoms with Gasteiger partial charge in [0.25, 0.3) is 5.91 Å². The summed E-state index contributed by atoms with van der Waals surface area (Å²) >= 11 is 3.18. The molecule has 1 heterocycles. The normalized spacial score (nSPS) is 19.3. The lowest BCUT2D eigenvalue weighted by Crippen LogP contribution is -2.34. The van der Waals surface area contributed by atoms with Crippen molar-refractivity contribution in [2.45, 2.75) is 24.8 Å². The minimum Gasteiger partial charge on any atom is -0.479 e. The summed E-state index contributed by atoms with van der Waals surface area (Å²) in [6.45, 7) is 3.42. The van der Waals surface area contributed by atoms with Crippen molar-refractivity contribution in [3.63, 3.8) is 0 Å². The molecule has 1 aliphatic rings. The van der Waals surface area contributed by atoms with Gasteiger partial charge in [-0.25, -0.2) is 0 Å². The molecule has 0 saturated heterocycles. The number of nitrogens with one attached hydrogen (secondary N) is 2. The maximum Gasteiger partial charge on any atom is 0.265 e. The number of alkyl halides is 1. The SMILES string of the molecule is CC(Br)C(=O)Nc1ccc2c(c1)NC(=O)C(C)O2. The molecule has 1 aliphatic heterocycles.